The number of carboxylic acids is 1. The lowest BCUT2D eigenvalue weighted by Gasteiger charge is -2.08. The molecule has 0 aliphatic rings. The first-order valence-electron chi connectivity index (χ1n) is 9.80. The first kappa shape index (κ1) is 23.3. The van der Waals surface area contributed by atoms with E-state index in [0.29, 0.717) is 41.5 Å². The molecule has 2 rings (SSSR count). The monoisotopic (exact) mass is 423 g/mol. The number of rotatable bonds is 11. The molecule has 0 amide bonds. The number of hydrogen-bond acceptors (Lipinski definition) is 7. The minimum absolute atomic E-state index is 0.323. The van der Waals surface area contributed by atoms with Crippen LogP contribution in [-0.2, 0) is 9.53 Å². The molecule has 0 bridgehead atoms. The number of benzene rings is 2. The van der Waals surface area contributed by atoms with Gasteiger partial charge in [-0.2, -0.15) is 5.26 Å². The number of nitriles is 1. The van der Waals surface area contributed by atoms with E-state index >= 15 is 0 Å². The van der Waals surface area contributed by atoms with Crippen LogP contribution in [0.15, 0.2) is 48.0 Å². The number of nitrogens with two attached hydrogens (primary N) is 2. The molecule has 0 spiro atoms. The summed E-state index contributed by atoms with van der Waals surface area (Å²) in [5.74, 6) is -1.03. The summed E-state index contributed by atoms with van der Waals surface area (Å²) in [5.41, 5.74) is 12.8. The number of carbonyl (C=O) groups is 2. The molecule has 31 heavy (non-hydrogen) atoms. The zero-order chi connectivity index (χ0) is 22.6. The van der Waals surface area contributed by atoms with Crippen LogP contribution in [0.5, 0.6) is 5.75 Å². The standard InChI is InChI=1S/C23H25N3O5/c24-15-18(22(27)28)11-16-5-7-21(8-6-16)30-9-3-1-2-4-10-31-23(29)17-12-19(25)14-20(26)13-17/h5-8,11-14H,1-4,9-10,25-26H2,(H,27,28)/b18-11+. The van der Waals surface area contributed by atoms with Gasteiger partial charge in [0, 0.05) is 11.4 Å². The van der Waals surface area contributed by atoms with Crippen LogP contribution in [-0.4, -0.2) is 30.3 Å². The summed E-state index contributed by atoms with van der Waals surface area (Å²) in [7, 11) is 0. The molecule has 0 radical (unpaired) electrons. The molecule has 0 aliphatic heterocycles. The third-order valence-electron chi connectivity index (χ3n) is 4.30. The lowest BCUT2D eigenvalue weighted by Crippen LogP contribution is -2.08. The summed E-state index contributed by atoms with van der Waals surface area (Å²) in [4.78, 5) is 22.8. The molecule has 0 saturated heterocycles. The van der Waals surface area contributed by atoms with Gasteiger partial charge in [0.2, 0.25) is 0 Å². The number of anilines is 2. The average Bonchev–Trinajstić information content (AvgIpc) is 2.73. The summed E-state index contributed by atoms with van der Waals surface area (Å²) in [6.07, 6.45) is 4.72. The molecule has 5 N–H and O–H groups in total. The minimum atomic E-state index is -1.26. The van der Waals surface area contributed by atoms with Crippen molar-refractivity contribution in [3.05, 3.63) is 59.2 Å². The van der Waals surface area contributed by atoms with Crippen molar-refractivity contribution < 1.29 is 24.2 Å². The molecule has 0 aliphatic carbocycles. The van der Waals surface area contributed by atoms with E-state index < -0.39 is 11.9 Å². The summed E-state index contributed by atoms with van der Waals surface area (Å²) in [5, 5.41) is 17.6. The number of esters is 1. The SMILES string of the molecule is N#C/C(=C\c1ccc(OCCCCCCOC(=O)c2cc(N)cc(N)c2)cc1)C(=O)O. The van der Waals surface area contributed by atoms with Crippen LogP contribution in [0.3, 0.4) is 0 Å². The maximum atomic E-state index is 12.0. The molecule has 0 fully saturated rings. The largest absolute Gasteiger partial charge is 0.494 e. The second-order valence-corrected chi connectivity index (χ2v) is 6.83. The minimum Gasteiger partial charge on any atom is -0.494 e. The Morgan fingerprint density at radius 1 is 0.968 bits per heavy atom. The van der Waals surface area contributed by atoms with E-state index in [0.717, 1.165) is 25.7 Å². The Morgan fingerprint density at radius 2 is 1.58 bits per heavy atom. The summed E-state index contributed by atoms with van der Waals surface area (Å²) in [6, 6.07) is 13.1. The van der Waals surface area contributed by atoms with Crippen LogP contribution in [0.1, 0.15) is 41.6 Å². The van der Waals surface area contributed by atoms with Gasteiger partial charge in [-0.05, 0) is 67.7 Å². The van der Waals surface area contributed by atoms with Gasteiger partial charge >= 0.3 is 11.9 Å². The predicted octanol–water partition coefficient (Wildman–Crippen LogP) is 3.64. The zero-order valence-electron chi connectivity index (χ0n) is 17.0. The van der Waals surface area contributed by atoms with Gasteiger partial charge in [-0.3, -0.25) is 0 Å². The maximum Gasteiger partial charge on any atom is 0.346 e. The van der Waals surface area contributed by atoms with E-state index in [1.165, 1.54) is 18.2 Å². The molecule has 162 valence electrons. The lowest BCUT2D eigenvalue weighted by atomic mass is 10.1. The van der Waals surface area contributed by atoms with E-state index in [1.54, 1.807) is 36.4 Å². The van der Waals surface area contributed by atoms with Crippen molar-refractivity contribution in [1.82, 2.24) is 0 Å². The van der Waals surface area contributed by atoms with Gasteiger partial charge in [-0.15, -0.1) is 0 Å². The van der Waals surface area contributed by atoms with Crippen molar-refractivity contribution in [2.75, 3.05) is 24.7 Å². The predicted molar refractivity (Wildman–Crippen MR) is 117 cm³/mol. The normalized spacial score (nSPS) is 10.9. The number of unbranched alkanes of at least 4 members (excludes halogenated alkanes) is 3. The first-order valence-corrected chi connectivity index (χ1v) is 9.80. The molecule has 0 unspecified atom stereocenters. The Hall–Kier alpha value is -3.99. The van der Waals surface area contributed by atoms with Crippen LogP contribution in [0, 0.1) is 11.3 Å². The van der Waals surface area contributed by atoms with Gasteiger partial charge in [-0.1, -0.05) is 12.1 Å². The Kier molecular flexibility index (Phi) is 8.92. The molecule has 2 aromatic rings. The smallest absolute Gasteiger partial charge is 0.346 e. The summed E-state index contributed by atoms with van der Waals surface area (Å²) >= 11 is 0. The van der Waals surface area contributed by atoms with Gasteiger partial charge in [0.05, 0.1) is 18.8 Å². The number of ether oxygens (including phenoxy) is 2. The van der Waals surface area contributed by atoms with Crippen LogP contribution < -0.4 is 16.2 Å². The number of nitrogen functional groups attached to an aromatic ring is 2. The van der Waals surface area contributed by atoms with Crippen molar-refractivity contribution >= 4 is 29.4 Å². The van der Waals surface area contributed by atoms with Crippen LogP contribution in [0.4, 0.5) is 11.4 Å². The number of nitrogens with zero attached hydrogens (tertiary/aromatic N) is 1. The lowest BCUT2D eigenvalue weighted by molar-refractivity contribution is -0.132. The highest BCUT2D eigenvalue weighted by atomic mass is 16.5. The second kappa shape index (κ2) is 11.9. The fourth-order valence-corrected chi connectivity index (χ4v) is 2.76. The third-order valence-corrected chi connectivity index (χ3v) is 4.30. The second-order valence-electron chi connectivity index (χ2n) is 6.83. The molecule has 0 atom stereocenters. The summed E-state index contributed by atoms with van der Waals surface area (Å²) < 4.78 is 10.9. The number of carboxylic acid groups (broad SMARTS) is 1. The third kappa shape index (κ3) is 8.11. The Bertz CT molecular complexity index is 957. The molecule has 2 aromatic carbocycles. The average molecular weight is 423 g/mol. The molecular weight excluding hydrogens is 398 g/mol. The number of carbonyl (C=O) groups excluding carboxylic acids is 1. The van der Waals surface area contributed by atoms with Gasteiger partial charge in [0.25, 0.3) is 0 Å². The molecule has 0 aromatic heterocycles. The van der Waals surface area contributed by atoms with Crippen LogP contribution in [0.25, 0.3) is 6.08 Å². The molecular formula is C23H25N3O5. The van der Waals surface area contributed by atoms with Crippen molar-refractivity contribution in [3.8, 4) is 11.8 Å². The Balaban J connectivity index is 1.61. The van der Waals surface area contributed by atoms with Crippen molar-refractivity contribution in [2.45, 2.75) is 25.7 Å². The molecule has 8 nitrogen and oxygen atoms in total. The highest BCUT2D eigenvalue weighted by molar-refractivity contribution is 5.96. The highest BCUT2D eigenvalue weighted by Crippen LogP contribution is 2.16. The summed E-state index contributed by atoms with van der Waals surface area (Å²) in [6.45, 7) is 0.862. The van der Waals surface area contributed by atoms with Crippen molar-refractivity contribution in [3.63, 3.8) is 0 Å². The van der Waals surface area contributed by atoms with Crippen molar-refractivity contribution in [2.24, 2.45) is 0 Å². The molecule has 0 saturated carbocycles. The quantitative estimate of drug-likeness (QED) is 0.163. The van der Waals surface area contributed by atoms with Crippen molar-refractivity contribution in [1.29, 1.82) is 5.26 Å². The van der Waals surface area contributed by atoms with Gasteiger partial charge < -0.3 is 26.0 Å². The fourth-order valence-electron chi connectivity index (χ4n) is 2.76. The zero-order valence-corrected chi connectivity index (χ0v) is 17.0. The van der Waals surface area contributed by atoms with E-state index in [1.807, 2.05) is 0 Å². The van der Waals surface area contributed by atoms with Gasteiger partial charge in [-0.25, -0.2) is 9.59 Å². The molecule has 0 heterocycles. The van der Waals surface area contributed by atoms with E-state index in [-0.39, 0.29) is 5.57 Å². The Labute approximate surface area is 180 Å². The van der Waals surface area contributed by atoms with E-state index in [2.05, 4.69) is 0 Å². The van der Waals surface area contributed by atoms with Crippen LogP contribution >= 0.6 is 0 Å². The van der Waals surface area contributed by atoms with Gasteiger partial charge in [0.15, 0.2) is 0 Å². The van der Waals surface area contributed by atoms with E-state index in [4.69, 9.17) is 31.3 Å². The number of hydrogen-bond donors (Lipinski definition) is 3. The van der Waals surface area contributed by atoms with Gasteiger partial charge in [0.1, 0.15) is 17.4 Å². The first-order chi connectivity index (χ1) is 14.9. The Morgan fingerprint density at radius 3 is 2.16 bits per heavy atom. The topological polar surface area (TPSA) is 149 Å². The molecule has 8 heteroatoms. The number of aliphatic carboxylic acids is 1. The highest BCUT2D eigenvalue weighted by Gasteiger charge is 2.08. The van der Waals surface area contributed by atoms with E-state index in [9.17, 15) is 9.59 Å². The maximum absolute atomic E-state index is 12.0. The fraction of sp³-hybridized carbons (Fsp3) is 0.261. The van der Waals surface area contributed by atoms with Crippen LogP contribution in [0.2, 0.25) is 0 Å².